The maximum atomic E-state index is 13.4. The van der Waals surface area contributed by atoms with Crippen LogP contribution in [0.1, 0.15) is 21.6 Å². The highest BCUT2D eigenvalue weighted by atomic mass is 19.1. The molecule has 0 bridgehead atoms. The number of nitrogens with one attached hydrogen (secondary N) is 1. The molecule has 0 saturated heterocycles. The monoisotopic (exact) mass is 365 g/mol. The molecular formula is C19H16FN5O2. The van der Waals surface area contributed by atoms with Crippen molar-refractivity contribution in [3.05, 3.63) is 71.3 Å². The maximum Gasteiger partial charge on any atom is 0.255 e. The van der Waals surface area contributed by atoms with Gasteiger partial charge in [0.05, 0.1) is 30.2 Å². The predicted molar refractivity (Wildman–Crippen MR) is 96.8 cm³/mol. The minimum Gasteiger partial charge on any atom is -0.496 e. The van der Waals surface area contributed by atoms with E-state index in [1.54, 1.807) is 24.3 Å². The van der Waals surface area contributed by atoms with Gasteiger partial charge in [-0.05, 0) is 35.9 Å². The number of hydrogen-bond acceptors (Lipinski definition) is 5. The Labute approximate surface area is 154 Å². The third-order valence-corrected chi connectivity index (χ3v) is 3.94. The van der Waals surface area contributed by atoms with Gasteiger partial charge in [0.1, 0.15) is 17.6 Å². The van der Waals surface area contributed by atoms with Crippen LogP contribution >= 0.6 is 0 Å². The van der Waals surface area contributed by atoms with Gasteiger partial charge < -0.3 is 15.8 Å². The molecule has 0 radical (unpaired) electrons. The van der Waals surface area contributed by atoms with Crippen LogP contribution in [0.5, 0.6) is 5.75 Å². The second-order valence-electron chi connectivity index (χ2n) is 5.67. The second-order valence-corrected chi connectivity index (χ2v) is 5.67. The SMILES string of the molecule is COc1ccc(F)cc1C(=O)NCc1ccc(-n2ncc(N)c2C#N)cc1. The van der Waals surface area contributed by atoms with Gasteiger partial charge in [-0.1, -0.05) is 12.1 Å². The van der Waals surface area contributed by atoms with E-state index in [2.05, 4.69) is 10.4 Å². The Kier molecular flexibility index (Phi) is 5.04. The summed E-state index contributed by atoms with van der Waals surface area (Å²) in [6, 6.07) is 12.9. The summed E-state index contributed by atoms with van der Waals surface area (Å²) in [5, 5.41) is 15.9. The van der Waals surface area contributed by atoms with Gasteiger partial charge >= 0.3 is 0 Å². The fourth-order valence-electron chi connectivity index (χ4n) is 2.56. The number of hydrogen-bond donors (Lipinski definition) is 2. The first kappa shape index (κ1) is 17.9. The molecule has 1 aromatic heterocycles. The van der Waals surface area contributed by atoms with Gasteiger partial charge in [-0.25, -0.2) is 9.07 Å². The first-order valence-corrected chi connectivity index (χ1v) is 7.98. The molecule has 0 aliphatic rings. The summed E-state index contributed by atoms with van der Waals surface area (Å²) in [5.41, 5.74) is 7.88. The van der Waals surface area contributed by atoms with Crippen molar-refractivity contribution >= 4 is 11.6 Å². The lowest BCUT2D eigenvalue weighted by Crippen LogP contribution is -2.23. The van der Waals surface area contributed by atoms with Crippen LogP contribution in [0.4, 0.5) is 10.1 Å². The van der Waals surface area contributed by atoms with E-state index in [0.717, 1.165) is 11.6 Å². The number of ether oxygens (including phenoxy) is 1. The van der Waals surface area contributed by atoms with E-state index in [4.69, 9.17) is 15.7 Å². The molecule has 3 rings (SSSR count). The van der Waals surface area contributed by atoms with Crippen LogP contribution in [0.2, 0.25) is 0 Å². The quantitative estimate of drug-likeness (QED) is 0.722. The molecule has 0 aliphatic heterocycles. The Morgan fingerprint density at radius 3 is 2.74 bits per heavy atom. The van der Waals surface area contributed by atoms with Gasteiger partial charge in [0.2, 0.25) is 0 Å². The lowest BCUT2D eigenvalue weighted by molar-refractivity contribution is 0.0947. The number of nitrogens with zero attached hydrogens (tertiary/aromatic N) is 3. The number of halogens is 1. The van der Waals surface area contributed by atoms with Crippen LogP contribution in [-0.2, 0) is 6.54 Å². The minimum absolute atomic E-state index is 0.125. The van der Waals surface area contributed by atoms with E-state index in [0.29, 0.717) is 17.1 Å². The molecule has 136 valence electrons. The Hall–Kier alpha value is -3.86. The second kappa shape index (κ2) is 7.58. The van der Waals surface area contributed by atoms with Crippen LogP contribution in [0, 0.1) is 17.1 Å². The highest BCUT2D eigenvalue weighted by Crippen LogP contribution is 2.20. The van der Waals surface area contributed by atoms with E-state index < -0.39 is 11.7 Å². The minimum atomic E-state index is -0.517. The molecule has 2 aromatic carbocycles. The molecule has 7 nitrogen and oxygen atoms in total. The summed E-state index contributed by atoms with van der Waals surface area (Å²) in [4.78, 5) is 12.3. The summed E-state index contributed by atoms with van der Waals surface area (Å²) in [5.74, 6) is -0.663. The Morgan fingerprint density at radius 1 is 1.33 bits per heavy atom. The zero-order chi connectivity index (χ0) is 19.4. The number of aromatic nitrogens is 2. The number of nitrogen functional groups attached to an aromatic ring is 1. The van der Waals surface area contributed by atoms with Crippen LogP contribution in [-0.4, -0.2) is 22.8 Å². The predicted octanol–water partition coefficient (Wildman–Crippen LogP) is 2.40. The number of methoxy groups -OCH3 is 1. The molecule has 1 amide bonds. The van der Waals surface area contributed by atoms with Gasteiger partial charge in [0.25, 0.3) is 5.91 Å². The molecular weight excluding hydrogens is 349 g/mol. The van der Waals surface area contributed by atoms with Crippen molar-refractivity contribution in [1.82, 2.24) is 15.1 Å². The van der Waals surface area contributed by atoms with Crippen LogP contribution in [0.3, 0.4) is 0 Å². The molecule has 3 aromatic rings. The van der Waals surface area contributed by atoms with E-state index in [1.807, 2.05) is 6.07 Å². The van der Waals surface area contributed by atoms with E-state index in [1.165, 1.54) is 30.1 Å². The number of anilines is 1. The molecule has 0 atom stereocenters. The molecule has 3 N–H and O–H groups in total. The molecule has 0 spiro atoms. The van der Waals surface area contributed by atoms with Crippen molar-refractivity contribution in [1.29, 1.82) is 5.26 Å². The normalized spacial score (nSPS) is 10.3. The topological polar surface area (TPSA) is 106 Å². The summed E-state index contributed by atoms with van der Waals surface area (Å²) in [7, 11) is 1.42. The van der Waals surface area contributed by atoms with Crippen LogP contribution in [0.25, 0.3) is 5.69 Å². The molecule has 8 heteroatoms. The molecule has 0 aliphatic carbocycles. The Bertz CT molecular complexity index is 1020. The van der Waals surface area contributed by atoms with Crippen molar-refractivity contribution in [3.8, 4) is 17.5 Å². The van der Waals surface area contributed by atoms with Gasteiger partial charge in [-0.15, -0.1) is 0 Å². The molecule has 27 heavy (non-hydrogen) atoms. The number of carbonyl (C=O) groups excluding carboxylic acids is 1. The van der Waals surface area contributed by atoms with Crippen molar-refractivity contribution in [2.75, 3.05) is 12.8 Å². The van der Waals surface area contributed by atoms with E-state index in [9.17, 15) is 9.18 Å². The summed E-state index contributed by atoms with van der Waals surface area (Å²) < 4.78 is 19.9. The zero-order valence-electron chi connectivity index (χ0n) is 14.4. The fourth-order valence-corrected chi connectivity index (χ4v) is 2.56. The standard InChI is InChI=1S/C19H16FN5O2/c1-27-18-7-4-13(20)8-15(18)19(26)23-10-12-2-5-14(6-3-12)25-17(9-21)16(22)11-24-25/h2-8,11H,10,22H2,1H3,(H,23,26). The third kappa shape index (κ3) is 3.72. The lowest BCUT2D eigenvalue weighted by Gasteiger charge is -2.10. The number of nitrogens with two attached hydrogens (primary N) is 1. The average Bonchev–Trinajstić information content (AvgIpc) is 3.07. The first-order valence-electron chi connectivity index (χ1n) is 7.98. The summed E-state index contributed by atoms with van der Waals surface area (Å²) in [6.07, 6.45) is 1.42. The van der Waals surface area contributed by atoms with Crippen molar-refractivity contribution in [2.24, 2.45) is 0 Å². The zero-order valence-corrected chi connectivity index (χ0v) is 14.4. The van der Waals surface area contributed by atoms with Gasteiger partial charge in [0.15, 0.2) is 5.69 Å². The average molecular weight is 365 g/mol. The molecule has 0 unspecified atom stereocenters. The van der Waals surface area contributed by atoms with Crippen molar-refractivity contribution in [3.63, 3.8) is 0 Å². The largest absolute Gasteiger partial charge is 0.496 e. The Morgan fingerprint density at radius 2 is 2.07 bits per heavy atom. The summed E-state index contributed by atoms with van der Waals surface area (Å²) in [6.45, 7) is 0.241. The van der Waals surface area contributed by atoms with Crippen molar-refractivity contribution in [2.45, 2.75) is 6.54 Å². The van der Waals surface area contributed by atoms with Crippen LogP contribution < -0.4 is 15.8 Å². The van der Waals surface area contributed by atoms with E-state index in [-0.39, 0.29) is 17.8 Å². The summed E-state index contributed by atoms with van der Waals surface area (Å²) >= 11 is 0. The molecule has 0 saturated carbocycles. The number of amides is 1. The molecule has 1 heterocycles. The van der Waals surface area contributed by atoms with E-state index >= 15 is 0 Å². The smallest absolute Gasteiger partial charge is 0.255 e. The molecule has 0 fully saturated rings. The maximum absolute atomic E-state index is 13.4. The lowest BCUT2D eigenvalue weighted by atomic mass is 10.1. The van der Waals surface area contributed by atoms with Gasteiger partial charge in [0, 0.05) is 6.54 Å². The van der Waals surface area contributed by atoms with Gasteiger partial charge in [-0.2, -0.15) is 10.4 Å². The highest BCUT2D eigenvalue weighted by molar-refractivity contribution is 5.96. The number of benzene rings is 2. The van der Waals surface area contributed by atoms with Gasteiger partial charge in [-0.3, -0.25) is 4.79 Å². The fraction of sp³-hybridized carbons (Fsp3) is 0.105. The number of carbonyl (C=O) groups is 1. The number of nitriles is 1. The first-order chi connectivity index (χ1) is 13.0. The highest BCUT2D eigenvalue weighted by Gasteiger charge is 2.13. The van der Waals surface area contributed by atoms with Crippen LogP contribution in [0.15, 0.2) is 48.7 Å². The number of rotatable bonds is 5. The third-order valence-electron chi connectivity index (χ3n) is 3.94. The van der Waals surface area contributed by atoms with Crippen molar-refractivity contribution < 1.29 is 13.9 Å². The Balaban J connectivity index is 1.72.